The molecule has 0 aromatic heterocycles. The van der Waals surface area contributed by atoms with Crippen LogP contribution in [0.15, 0.2) is 0 Å². The largest absolute Gasteiger partial charge is 0.379 e. The van der Waals surface area contributed by atoms with Gasteiger partial charge in [0.1, 0.15) is 0 Å². The van der Waals surface area contributed by atoms with Crippen LogP contribution in [0, 0.1) is 11.3 Å². The Bertz CT molecular complexity index is 522. The van der Waals surface area contributed by atoms with Crippen molar-refractivity contribution in [2.75, 3.05) is 32.6 Å². The van der Waals surface area contributed by atoms with E-state index >= 15 is 0 Å². The van der Waals surface area contributed by atoms with Crippen molar-refractivity contribution in [3.63, 3.8) is 0 Å². The molecule has 6 nitrogen and oxygen atoms in total. The number of ether oxygens (including phenoxy) is 1. The minimum absolute atomic E-state index is 0.00134. The van der Waals surface area contributed by atoms with E-state index in [1.54, 1.807) is 4.31 Å². The van der Waals surface area contributed by atoms with Crippen LogP contribution >= 0.6 is 0 Å². The number of piperidine rings is 1. The maximum atomic E-state index is 12.1. The predicted octanol–water partition coefficient (Wildman–Crippen LogP) is 0.733. The number of carbonyl (C=O) groups is 1. The van der Waals surface area contributed by atoms with Gasteiger partial charge in [0.2, 0.25) is 15.9 Å². The zero-order chi connectivity index (χ0) is 15.8. The Morgan fingerprint density at radius 2 is 1.95 bits per heavy atom. The van der Waals surface area contributed by atoms with E-state index in [1.807, 2.05) is 0 Å². The van der Waals surface area contributed by atoms with Gasteiger partial charge in [-0.05, 0) is 43.4 Å². The third kappa shape index (κ3) is 3.63. The number of hydrogen-bond acceptors (Lipinski definition) is 4. The van der Waals surface area contributed by atoms with E-state index in [9.17, 15) is 13.2 Å². The molecule has 2 heterocycles. The molecule has 126 valence electrons. The van der Waals surface area contributed by atoms with Crippen molar-refractivity contribution >= 4 is 15.9 Å². The molecule has 2 saturated heterocycles. The minimum atomic E-state index is -3.11. The summed E-state index contributed by atoms with van der Waals surface area (Å²) in [5.74, 6) is 0.704. The normalized spacial score (nSPS) is 29.4. The van der Waals surface area contributed by atoms with Crippen molar-refractivity contribution < 1.29 is 17.9 Å². The molecule has 0 bridgehead atoms. The summed E-state index contributed by atoms with van der Waals surface area (Å²) >= 11 is 0. The molecule has 22 heavy (non-hydrogen) atoms. The second-order valence-corrected chi connectivity index (χ2v) is 9.10. The molecule has 1 amide bonds. The molecule has 2 aliphatic heterocycles. The summed E-state index contributed by atoms with van der Waals surface area (Å²) in [4.78, 5) is 12.1. The highest BCUT2D eigenvalue weighted by molar-refractivity contribution is 7.88. The van der Waals surface area contributed by atoms with Crippen molar-refractivity contribution in [2.45, 2.75) is 44.6 Å². The molecule has 0 radical (unpaired) electrons. The first-order valence-electron chi connectivity index (χ1n) is 8.21. The molecule has 0 aromatic rings. The molecule has 3 fully saturated rings. The predicted molar refractivity (Wildman–Crippen MR) is 82.8 cm³/mol. The maximum Gasteiger partial charge on any atom is 0.220 e. The summed E-state index contributed by atoms with van der Waals surface area (Å²) in [6, 6.07) is 0.0224. The van der Waals surface area contributed by atoms with Crippen LogP contribution in [-0.4, -0.2) is 57.2 Å². The van der Waals surface area contributed by atoms with Gasteiger partial charge in [0.05, 0.1) is 18.9 Å². The number of rotatable bonds is 4. The van der Waals surface area contributed by atoms with Gasteiger partial charge in [-0.1, -0.05) is 0 Å². The lowest BCUT2D eigenvalue weighted by atomic mass is 9.69. The summed E-state index contributed by atoms with van der Waals surface area (Å²) in [6.45, 7) is 2.35. The van der Waals surface area contributed by atoms with E-state index in [2.05, 4.69) is 5.32 Å². The Morgan fingerprint density at radius 3 is 2.55 bits per heavy atom. The van der Waals surface area contributed by atoms with Crippen LogP contribution < -0.4 is 5.32 Å². The van der Waals surface area contributed by atoms with Crippen LogP contribution in [0.5, 0.6) is 0 Å². The fourth-order valence-electron chi connectivity index (χ4n) is 3.72. The fourth-order valence-corrected chi connectivity index (χ4v) is 4.57. The van der Waals surface area contributed by atoms with E-state index in [1.165, 1.54) is 19.1 Å². The smallest absolute Gasteiger partial charge is 0.220 e. The average molecular weight is 330 g/mol. The van der Waals surface area contributed by atoms with Gasteiger partial charge >= 0.3 is 0 Å². The monoisotopic (exact) mass is 330 g/mol. The van der Waals surface area contributed by atoms with Crippen LogP contribution in [0.4, 0.5) is 0 Å². The molecule has 3 aliphatic rings. The summed E-state index contributed by atoms with van der Waals surface area (Å²) in [5.41, 5.74) is -0.00134. The first-order chi connectivity index (χ1) is 10.4. The Kier molecular flexibility index (Phi) is 4.49. The van der Waals surface area contributed by atoms with Gasteiger partial charge in [0, 0.05) is 26.1 Å². The van der Waals surface area contributed by atoms with Crippen LogP contribution in [0.1, 0.15) is 38.5 Å². The topological polar surface area (TPSA) is 75.7 Å². The lowest BCUT2D eigenvalue weighted by Crippen LogP contribution is -2.58. The van der Waals surface area contributed by atoms with Crippen LogP contribution in [-0.2, 0) is 19.6 Å². The van der Waals surface area contributed by atoms with Crippen molar-refractivity contribution in [2.24, 2.45) is 11.3 Å². The quantitative estimate of drug-likeness (QED) is 0.825. The molecular weight excluding hydrogens is 304 g/mol. The van der Waals surface area contributed by atoms with Gasteiger partial charge in [-0.15, -0.1) is 0 Å². The van der Waals surface area contributed by atoms with Gasteiger partial charge in [-0.25, -0.2) is 12.7 Å². The van der Waals surface area contributed by atoms with Gasteiger partial charge in [0.15, 0.2) is 0 Å². The van der Waals surface area contributed by atoms with Gasteiger partial charge in [-0.3, -0.25) is 4.79 Å². The standard InChI is InChI=1S/C15H26N2O4S/c1-22(19,20)17-7-4-15(5-8-17)6-9-21-11-13(15)16-14(18)10-12-2-3-12/h12-13H,2-11H2,1H3,(H,16,18)/t13-/m0/s1. The second-order valence-electron chi connectivity index (χ2n) is 7.12. The zero-order valence-electron chi connectivity index (χ0n) is 13.2. The van der Waals surface area contributed by atoms with Crippen LogP contribution in [0.25, 0.3) is 0 Å². The lowest BCUT2D eigenvalue weighted by molar-refractivity contribution is -0.126. The van der Waals surface area contributed by atoms with E-state index in [-0.39, 0.29) is 17.4 Å². The first-order valence-corrected chi connectivity index (χ1v) is 10.1. The fraction of sp³-hybridized carbons (Fsp3) is 0.933. The molecule has 3 rings (SSSR count). The number of nitrogens with one attached hydrogen (secondary N) is 1. The lowest BCUT2D eigenvalue weighted by Gasteiger charge is -2.48. The Morgan fingerprint density at radius 1 is 1.27 bits per heavy atom. The number of sulfonamides is 1. The molecule has 0 unspecified atom stereocenters. The summed E-state index contributed by atoms with van der Waals surface area (Å²) in [5, 5.41) is 3.17. The molecule has 1 saturated carbocycles. The number of amides is 1. The highest BCUT2D eigenvalue weighted by Gasteiger charge is 2.45. The molecule has 1 spiro atoms. The van der Waals surface area contributed by atoms with Crippen molar-refractivity contribution in [3.8, 4) is 0 Å². The maximum absolute atomic E-state index is 12.1. The molecule has 1 N–H and O–H groups in total. The van der Waals surface area contributed by atoms with Crippen LogP contribution in [0.2, 0.25) is 0 Å². The van der Waals surface area contributed by atoms with Crippen molar-refractivity contribution in [3.05, 3.63) is 0 Å². The third-order valence-electron chi connectivity index (χ3n) is 5.46. The number of hydrogen-bond donors (Lipinski definition) is 1. The zero-order valence-corrected chi connectivity index (χ0v) is 14.0. The van der Waals surface area contributed by atoms with Gasteiger partial charge in [-0.2, -0.15) is 0 Å². The highest BCUT2D eigenvalue weighted by Crippen LogP contribution is 2.41. The molecule has 1 atom stereocenters. The first kappa shape index (κ1) is 16.2. The Labute approximate surface area is 132 Å². The van der Waals surface area contributed by atoms with E-state index in [0.29, 0.717) is 38.6 Å². The third-order valence-corrected chi connectivity index (χ3v) is 6.76. The van der Waals surface area contributed by atoms with Gasteiger partial charge < -0.3 is 10.1 Å². The summed E-state index contributed by atoms with van der Waals surface area (Å²) in [6.07, 6.45) is 6.74. The van der Waals surface area contributed by atoms with E-state index in [0.717, 1.165) is 19.3 Å². The Balaban J connectivity index is 1.63. The average Bonchev–Trinajstić information content (AvgIpc) is 3.25. The SMILES string of the molecule is CS(=O)(=O)N1CCC2(CCOC[C@@H]2NC(=O)CC2CC2)CC1. The van der Waals surface area contributed by atoms with Gasteiger partial charge in [0.25, 0.3) is 0 Å². The molecule has 0 aromatic carbocycles. The van der Waals surface area contributed by atoms with Crippen molar-refractivity contribution in [1.82, 2.24) is 9.62 Å². The second kappa shape index (κ2) is 6.09. The van der Waals surface area contributed by atoms with E-state index in [4.69, 9.17) is 4.74 Å². The van der Waals surface area contributed by atoms with Crippen molar-refractivity contribution in [1.29, 1.82) is 0 Å². The summed E-state index contributed by atoms with van der Waals surface area (Å²) in [7, 11) is -3.11. The molecular formula is C15H26N2O4S. The minimum Gasteiger partial charge on any atom is -0.379 e. The van der Waals surface area contributed by atoms with Crippen LogP contribution in [0.3, 0.4) is 0 Å². The molecule has 7 heteroatoms. The van der Waals surface area contributed by atoms with E-state index < -0.39 is 10.0 Å². The number of carbonyl (C=O) groups excluding carboxylic acids is 1. The number of nitrogens with zero attached hydrogens (tertiary/aromatic N) is 1. The summed E-state index contributed by atoms with van der Waals surface area (Å²) < 4.78 is 30.5. The Hall–Kier alpha value is -0.660. The molecule has 1 aliphatic carbocycles. The highest BCUT2D eigenvalue weighted by atomic mass is 32.2.